The predicted molar refractivity (Wildman–Crippen MR) is 133 cm³/mol. The van der Waals surface area contributed by atoms with Gasteiger partial charge in [0.05, 0.1) is 22.8 Å². The molecular formula is C26H22F3N5O4. The Labute approximate surface area is 215 Å². The van der Waals surface area contributed by atoms with Gasteiger partial charge in [0.2, 0.25) is 0 Å². The number of nitrogens with zero attached hydrogens (tertiary/aromatic N) is 4. The molecule has 12 heteroatoms. The van der Waals surface area contributed by atoms with Crippen LogP contribution in [0.15, 0.2) is 72.8 Å². The van der Waals surface area contributed by atoms with Crippen LogP contribution in [0.4, 0.5) is 24.5 Å². The van der Waals surface area contributed by atoms with Crippen LogP contribution in [-0.4, -0.2) is 32.2 Å². The van der Waals surface area contributed by atoms with Crippen LogP contribution in [0.2, 0.25) is 0 Å². The van der Waals surface area contributed by atoms with Crippen molar-refractivity contribution >= 4 is 17.3 Å². The summed E-state index contributed by atoms with van der Waals surface area (Å²) in [6.07, 6.45) is -4.53. The Bertz CT molecular complexity index is 1450. The maximum atomic E-state index is 13.3. The van der Waals surface area contributed by atoms with Crippen molar-refractivity contribution in [2.45, 2.75) is 20.0 Å². The van der Waals surface area contributed by atoms with E-state index in [9.17, 15) is 28.1 Å². The molecule has 4 rings (SSSR count). The second-order valence-electron chi connectivity index (χ2n) is 8.72. The second-order valence-corrected chi connectivity index (χ2v) is 8.72. The Morgan fingerprint density at radius 2 is 1.76 bits per heavy atom. The van der Waals surface area contributed by atoms with E-state index in [1.165, 1.54) is 41.1 Å². The number of anilines is 1. The third-order valence-corrected chi connectivity index (χ3v) is 5.29. The summed E-state index contributed by atoms with van der Waals surface area (Å²) in [4.78, 5) is 27.1. The van der Waals surface area contributed by atoms with Crippen LogP contribution in [-0.2, 0) is 6.18 Å². The molecule has 0 radical (unpaired) electrons. The number of carbonyl (C=O) groups excluding carboxylic acids is 1. The number of nitro groups is 1. The monoisotopic (exact) mass is 525 g/mol. The van der Waals surface area contributed by atoms with Crippen LogP contribution >= 0.6 is 0 Å². The van der Waals surface area contributed by atoms with Gasteiger partial charge in [-0.25, -0.2) is 4.68 Å². The molecule has 0 bridgehead atoms. The Morgan fingerprint density at radius 1 is 1.08 bits per heavy atom. The smallest absolute Gasteiger partial charge is 0.416 e. The maximum absolute atomic E-state index is 13.3. The number of alkyl halides is 3. The number of carbonyl (C=O) groups is 1. The number of hydrogen-bond donors (Lipinski definition) is 1. The van der Waals surface area contributed by atoms with Gasteiger partial charge in [0.1, 0.15) is 0 Å². The Balaban J connectivity index is 1.62. The Hall–Kier alpha value is -4.74. The van der Waals surface area contributed by atoms with Crippen molar-refractivity contribution in [2.24, 2.45) is 5.92 Å². The first-order valence-corrected chi connectivity index (χ1v) is 11.4. The number of benzene rings is 3. The van der Waals surface area contributed by atoms with Crippen molar-refractivity contribution in [2.75, 3.05) is 11.9 Å². The number of ether oxygens (including phenoxy) is 1. The standard InChI is InChI=1S/C26H22F3N5O4/c1-16(2)15-38-25-31-23(18-4-3-5-19(14-18)26(27,28)29)33(32-25)21-12-8-20(9-13-21)30-24(35)17-6-10-22(11-7-17)34(36)37/h3-14,16H,15H2,1-2H3,(H,30,35). The summed E-state index contributed by atoms with van der Waals surface area (Å²) in [7, 11) is 0. The molecule has 0 saturated carbocycles. The predicted octanol–water partition coefficient (Wildman–Crippen LogP) is 6.15. The SMILES string of the molecule is CC(C)COc1nc(-c2cccc(C(F)(F)F)c2)n(-c2ccc(NC(=O)c3ccc([N+](=O)[O-])cc3)cc2)n1. The molecule has 196 valence electrons. The summed E-state index contributed by atoms with van der Waals surface area (Å²) in [6.45, 7) is 4.20. The Morgan fingerprint density at radius 3 is 2.37 bits per heavy atom. The highest BCUT2D eigenvalue weighted by Crippen LogP contribution is 2.33. The lowest BCUT2D eigenvalue weighted by Crippen LogP contribution is -2.12. The van der Waals surface area contributed by atoms with E-state index in [-0.39, 0.29) is 34.6 Å². The van der Waals surface area contributed by atoms with Gasteiger partial charge in [0, 0.05) is 28.9 Å². The van der Waals surface area contributed by atoms with Crippen LogP contribution in [0.1, 0.15) is 29.8 Å². The number of hydrogen-bond acceptors (Lipinski definition) is 6. The third-order valence-electron chi connectivity index (χ3n) is 5.29. The summed E-state index contributed by atoms with van der Waals surface area (Å²) < 4.78 is 46.9. The minimum absolute atomic E-state index is 0.0154. The number of non-ortho nitro benzene ring substituents is 1. The van der Waals surface area contributed by atoms with E-state index in [2.05, 4.69) is 15.4 Å². The van der Waals surface area contributed by atoms with Crippen LogP contribution in [0, 0.1) is 16.0 Å². The van der Waals surface area contributed by atoms with E-state index < -0.39 is 22.6 Å². The van der Waals surface area contributed by atoms with Crippen molar-refractivity contribution in [3.63, 3.8) is 0 Å². The van der Waals surface area contributed by atoms with Gasteiger partial charge in [-0.3, -0.25) is 14.9 Å². The first-order chi connectivity index (χ1) is 18.0. The van der Waals surface area contributed by atoms with Gasteiger partial charge in [-0.05, 0) is 54.4 Å². The molecule has 0 aliphatic rings. The van der Waals surface area contributed by atoms with Crippen molar-refractivity contribution < 1.29 is 27.6 Å². The lowest BCUT2D eigenvalue weighted by molar-refractivity contribution is -0.384. The minimum Gasteiger partial charge on any atom is -0.462 e. The molecule has 0 unspecified atom stereocenters. The van der Waals surface area contributed by atoms with E-state index in [0.717, 1.165) is 12.1 Å². The van der Waals surface area contributed by atoms with Gasteiger partial charge < -0.3 is 10.1 Å². The zero-order chi connectivity index (χ0) is 27.4. The molecule has 4 aromatic rings. The molecule has 38 heavy (non-hydrogen) atoms. The number of amides is 1. The summed E-state index contributed by atoms with van der Waals surface area (Å²) in [5, 5.41) is 17.8. The van der Waals surface area contributed by atoms with Crippen molar-refractivity contribution in [1.82, 2.24) is 14.8 Å². The zero-order valence-corrected chi connectivity index (χ0v) is 20.3. The summed E-state index contributed by atoms with van der Waals surface area (Å²) in [6, 6.07) is 16.3. The van der Waals surface area contributed by atoms with Crippen LogP contribution < -0.4 is 10.1 Å². The average molecular weight is 525 g/mol. The van der Waals surface area contributed by atoms with Gasteiger partial charge in [-0.15, -0.1) is 5.10 Å². The fraction of sp³-hybridized carbons (Fsp3) is 0.192. The number of nitrogens with one attached hydrogen (secondary N) is 1. The molecule has 1 N–H and O–H groups in total. The molecule has 0 atom stereocenters. The topological polar surface area (TPSA) is 112 Å². The van der Waals surface area contributed by atoms with Gasteiger partial charge >= 0.3 is 12.2 Å². The summed E-state index contributed by atoms with van der Waals surface area (Å²) in [5.41, 5.74) is 0.370. The largest absolute Gasteiger partial charge is 0.462 e. The Kier molecular flexibility index (Phi) is 7.42. The van der Waals surface area contributed by atoms with E-state index in [1.807, 2.05) is 13.8 Å². The van der Waals surface area contributed by atoms with Crippen LogP contribution in [0.25, 0.3) is 17.1 Å². The molecule has 0 aliphatic heterocycles. The molecule has 0 spiro atoms. The number of halogens is 3. The van der Waals surface area contributed by atoms with E-state index in [4.69, 9.17) is 4.74 Å². The highest BCUT2D eigenvalue weighted by atomic mass is 19.4. The van der Waals surface area contributed by atoms with Crippen molar-refractivity contribution in [1.29, 1.82) is 0 Å². The number of nitro benzene ring substituents is 1. The van der Waals surface area contributed by atoms with E-state index in [0.29, 0.717) is 18.0 Å². The van der Waals surface area contributed by atoms with Crippen molar-refractivity contribution in [3.05, 3.63) is 94.0 Å². The zero-order valence-electron chi connectivity index (χ0n) is 20.3. The fourth-order valence-electron chi connectivity index (χ4n) is 3.42. The highest BCUT2D eigenvalue weighted by molar-refractivity contribution is 6.04. The normalized spacial score (nSPS) is 11.4. The lowest BCUT2D eigenvalue weighted by Gasteiger charge is -2.10. The van der Waals surface area contributed by atoms with Crippen LogP contribution in [0.3, 0.4) is 0 Å². The maximum Gasteiger partial charge on any atom is 0.416 e. The summed E-state index contributed by atoms with van der Waals surface area (Å²) in [5.74, 6) is -0.141. The first kappa shape index (κ1) is 26.3. The first-order valence-electron chi connectivity index (χ1n) is 11.4. The lowest BCUT2D eigenvalue weighted by atomic mass is 10.1. The minimum atomic E-state index is -4.53. The number of aromatic nitrogens is 3. The molecular weight excluding hydrogens is 503 g/mol. The molecule has 1 heterocycles. The van der Waals surface area contributed by atoms with Crippen LogP contribution in [0.5, 0.6) is 6.01 Å². The molecule has 0 fully saturated rings. The van der Waals surface area contributed by atoms with Crippen molar-refractivity contribution in [3.8, 4) is 23.1 Å². The average Bonchev–Trinajstić information content (AvgIpc) is 3.32. The fourth-order valence-corrected chi connectivity index (χ4v) is 3.42. The molecule has 1 amide bonds. The molecule has 0 saturated heterocycles. The third kappa shape index (κ3) is 6.14. The van der Waals surface area contributed by atoms with Gasteiger partial charge in [0.15, 0.2) is 5.82 Å². The highest BCUT2D eigenvalue weighted by Gasteiger charge is 2.31. The van der Waals surface area contributed by atoms with E-state index >= 15 is 0 Å². The quantitative estimate of drug-likeness (QED) is 0.218. The second kappa shape index (κ2) is 10.7. The van der Waals surface area contributed by atoms with Gasteiger partial charge in [0.25, 0.3) is 11.6 Å². The molecule has 1 aromatic heterocycles. The molecule has 0 aliphatic carbocycles. The number of rotatable bonds is 8. The van der Waals surface area contributed by atoms with Gasteiger partial charge in [-0.1, -0.05) is 26.0 Å². The van der Waals surface area contributed by atoms with Gasteiger partial charge in [-0.2, -0.15) is 18.2 Å². The summed E-state index contributed by atoms with van der Waals surface area (Å²) >= 11 is 0. The molecule has 3 aromatic carbocycles. The van der Waals surface area contributed by atoms with E-state index in [1.54, 1.807) is 24.3 Å². The molecule has 9 nitrogen and oxygen atoms in total.